The monoisotopic (exact) mass is 326 g/mol. The van der Waals surface area contributed by atoms with Gasteiger partial charge in [0.25, 0.3) is 0 Å². The molecule has 1 fully saturated rings. The first-order valence-corrected chi connectivity index (χ1v) is 8.49. The van der Waals surface area contributed by atoms with Crippen LogP contribution in [0.2, 0.25) is 0 Å². The molecule has 1 saturated heterocycles. The van der Waals surface area contributed by atoms with Gasteiger partial charge in [-0.2, -0.15) is 0 Å². The first-order valence-electron chi connectivity index (χ1n) is 8.49. The van der Waals surface area contributed by atoms with Gasteiger partial charge in [-0.3, -0.25) is 9.69 Å². The Morgan fingerprint density at radius 3 is 2.46 bits per heavy atom. The van der Waals surface area contributed by atoms with Gasteiger partial charge in [0.05, 0.1) is 0 Å². The Labute approximate surface area is 142 Å². The van der Waals surface area contributed by atoms with E-state index in [1.165, 1.54) is 17.7 Å². The van der Waals surface area contributed by atoms with Crippen LogP contribution in [-0.2, 0) is 17.9 Å². The molecule has 0 spiro atoms. The van der Waals surface area contributed by atoms with Gasteiger partial charge in [-0.05, 0) is 49.2 Å². The third-order valence-corrected chi connectivity index (χ3v) is 4.56. The van der Waals surface area contributed by atoms with E-state index in [4.69, 9.17) is 0 Å². The van der Waals surface area contributed by atoms with Gasteiger partial charge in [-0.15, -0.1) is 0 Å². The lowest BCUT2D eigenvalue weighted by atomic mass is 9.95. The topological polar surface area (TPSA) is 32.3 Å². The van der Waals surface area contributed by atoms with Crippen LogP contribution in [0.1, 0.15) is 24.0 Å². The molecule has 0 aliphatic carbocycles. The number of halogens is 1. The Hall–Kier alpha value is -2.20. The number of benzene rings is 2. The molecule has 126 valence electrons. The zero-order chi connectivity index (χ0) is 16.8. The van der Waals surface area contributed by atoms with Gasteiger partial charge < -0.3 is 5.32 Å². The van der Waals surface area contributed by atoms with Gasteiger partial charge in [0, 0.05) is 19.0 Å². The zero-order valence-electron chi connectivity index (χ0n) is 13.7. The summed E-state index contributed by atoms with van der Waals surface area (Å²) in [7, 11) is 0. The average molecular weight is 326 g/mol. The molecule has 24 heavy (non-hydrogen) atoms. The van der Waals surface area contributed by atoms with E-state index in [-0.39, 0.29) is 17.6 Å². The minimum absolute atomic E-state index is 0.0607. The number of nitrogens with one attached hydrogen (secondary N) is 1. The van der Waals surface area contributed by atoms with Crippen molar-refractivity contribution in [2.24, 2.45) is 5.92 Å². The van der Waals surface area contributed by atoms with Crippen molar-refractivity contribution < 1.29 is 9.18 Å². The van der Waals surface area contributed by atoms with E-state index in [1.54, 1.807) is 6.07 Å². The van der Waals surface area contributed by atoms with Crippen molar-refractivity contribution in [1.82, 2.24) is 10.2 Å². The smallest absolute Gasteiger partial charge is 0.223 e. The van der Waals surface area contributed by atoms with Gasteiger partial charge >= 0.3 is 0 Å². The largest absolute Gasteiger partial charge is 0.352 e. The average Bonchev–Trinajstić information content (AvgIpc) is 2.61. The summed E-state index contributed by atoms with van der Waals surface area (Å²) >= 11 is 0. The molecule has 0 saturated carbocycles. The Kier molecular flexibility index (Phi) is 5.59. The van der Waals surface area contributed by atoms with Crippen molar-refractivity contribution in [3.05, 3.63) is 71.5 Å². The molecule has 0 radical (unpaired) electrons. The molecule has 4 heteroatoms. The fourth-order valence-corrected chi connectivity index (χ4v) is 3.18. The molecule has 2 aromatic rings. The molecule has 0 atom stereocenters. The summed E-state index contributed by atoms with van der Waals surface area (Å²) < 4.78 is 13.2. The van der Waals surface area contributed by atoms with E-state index in [0.29, 0.717) is 6.54 Å². The second kappa shape index (κ2) is 8.06. The third kappa shape index (κ3) is 4.65. The van der Waals surface area contributed by atoms with Crippen LogP contribution in [0.25, 0.3) is 0 Å². The van der Waals surface area contributed by atoms with Crippen LogP contribution in [0.15, 0.2) is 54.6 Å². The highest BCUT2D eigenvalue weighted by molar-refractivity contribution is 5.78. The van der Waals surface area contributed by atoms with Crippen molar-refractivity contribution in [2.75, 3.05) is 13.1 Å². The number of likely N-dealkylation sites (tertiary alicyclic amines) is 1. The molecule has 1 aliphatic heterocycles. The summed E-state index contributed by atoms with van der Waals surface area (Å²) in [5.74, 6) is -0.125. The summed E-state index contributed by atoms with van der Waals surface area (Å²) in [6.07, 6.45) is 1.75. The first kappa shape index (κ1) is 16.7. The van der Waals surface area contributed by atoms with Crippen LogP contribution in [-0.4, -0.2) is 23.9 Å². The molecule has 0 unspecified atom stereocenters. The maximum absolute atomic E-state index is 13.2. The van der Waals surface area contributed by atoms with Gasteiger partial charge in [0.2, 0.25) is 5.91 Å². The highest BCUT2D eigenvalue weighted by Crippen LogP contribution is 2.19. The molecule has 2 aromatic carbocycles. The highest BCUT2D eigenvalue weighted by Gasteiger charge is 2.24. The van der Waals surface area contributed by atoms with E-state index in [9.17, 15) is 9.18 Å². The number of hydrogen-bond donors (Lipinski definition) is 1. The Morgan fingerprint density at radius 2 is 1.75 bits per heavy atom. The van der Waals surface area contributed by atoms with E-state index in [0.717, 1.165) is 38.0 Å². The minimum atomic E-state index is -0.268. The van der Waals surface area contributed by atoms with E-state index in [2.05, 4.69) is 34.5 Å². The van der Waals surface area contributed by atoms with E-state index >= 15 is 0 Å². The van der Waals surface area contributed by atoms with E-state index < -0.39 is 0 Å². The van der Waals surface area contributed by atoms with Gasteiger partial charge in [0.15, 0.2) is 0 Å². The van der Waals surface area contributed by atoms with Crippen molar-refractivity contribution >= 4 is 5.91 Å². The molecule has 1 amide bonds. The highest BCUT2D eigenvalue weighted by atomic mass is 19.1. The van der Waals surface area contributed by atoms with Crippen LogP contribution in [0.4, 0.5) is 4.39 Å². The number of rotatable bonds is 5. The zero-order valence-corrected chi connectivity index (χ0v) is 13.7. The molecule has 1 N–H and O–H groups in total. The molecule has 3 rings (SSSR count). The lowest BCUT2D eigenvalue weighted by Gasteiger charge is -2.31. The second-order valence-corrected chi connectivity index (χ2v) is 6.38. The van der Waals surface area contributed by atoms with Crippen molar-refractivity contribution in [3.63, 3.8) is 0 Å². The lowest BCUT2D eigenvalue weighted by Crippen LogP contribution is -2.40. The fourth-order valence-electron chi connectivity index (χ4n) is 3.18. The van der Waals surface area contributed by atoms with Gasteiger partial charge in [-0.1, -0.05) is 42.5 Å². The third-order valence-electron chi connectivity index (χ3n) is 4.56. The maximum atomic E-state index is 13.2. The normalized spacial score (nSPS) is 16.0. The summed E-state index contributed by atoms with van der Waals surface area (Å²) in [5, 5.41) is 2.94. The maximum Gasteiger partial charge on any atom is 0.223 e. The number of hydrogen-bond acceptors (Lipinski definition) is 2. The SMILES string of the molecule is O=C(NCc1cccc(F)c1)C1CCN(Cc2ccccc2)CC1. The molecular formula is C20H23FN2O. The molecule has 1 aliphatic rings. The predicted octanol–water partition coefficient (Wildman–Crippen LogP) is 3.35. The quantitative estimate of drug-likeness (QED) is 0.914. The van der Waals surface area contributed by atoms with Crippen LogP contribution >= 0.6 is 0 Å². The number of carbonyl (C=O) groups is 1. The van der Waals surface area contributed by atoms with Crippen molar-refractivity contribution in [2.45, 2.75) is 25.9 Å². The van der Waals surface area contributed by atoms with E-state index in [1.807, 2.05) is 12.1 Å². The minimum Gasteiger partial charge on any atom is -0.352 e. The van der Waals surface area contributed by atoms with Crippen molar-refractivity contribution in [1.29, 1.82) is 0 Å². The van der Waals surface area contributed by atoms with Crippen LogP contribution in [0.5, 0.6) is 0 Å². The summed E-state index contributed by atoms with van der Waals surface area (Å²) in [6, 6.07) is 16.8. The fraction of sp³-hybridized carbons (Fsp3) is 0.350. The Balaban J connectivity index is 1.43. The standard InChI is InChI=1S/C20H23FN2O/c21-19-8-4-7-17(13-19)14-22-20(24)18-9-11-23(12-10-18)15-16-5-2-1-3-6-16/h1-8,13,18H,9-12,14-15H2,(H,22,24). The molecule has 3 nitrogen and oxygen atoms in total. The molecule has 1 heterocycles. The van der Waals surface area contributed by atoms with Crippen LogP contribution in [0.3, 0.4) is 0 Å². The Bertz CT molecular complexity index is 666. The first-order chi connectivity index (χ1) is 11.7. The number of amides is 1. The summed E-state index contributed by atoms with van der Waals surface area (Å²) in [6.45, 7) is 3.21. The summed E-state index contributed by atoms with van der Waals surface area (Å²) in [5.41, 5.74) is 2.11. The number of carbonyl (C=O) groups excluding carboxylic acids is 1. The molecule has 0 bridgehead atoms. The second-order valence-electron chi connectivity index (χ2n) is 6.38. The Morgan fingerprint density at radius 1 is 1.04 bits per heavy atom. The predicted molar refractivity (Wildman–Crippen MR) is 92.7 cm³/mol. The van der Waals surface area contributed by atoms with Crippen molar-refractivity contribution in [3.8, 4) is 0 Å². The van der Waals surface area contributed by atoms with Gasteiger partial charge in [0.1, 0.15) is 5.82 Å². The molecular weight excluding hydrogens is 303 g/mol. The van der Waals surface area contributed by atoms with Gasteiger partial charge in [-0.25, -0.2) is 4.39 Å². The van der Waals surface area contributed by atoms with Crippen LogP contribution < -0.4 is 5.32 Å². The lowest BCUT2D eigenvalue weighted by molar-refractivity contribution is -0.126. The number of nitrogens with zero attached hydrogens (tertiary/aromatic N) is 1. The molecule has 0 aromatic heterocycles. The number of piperidine rings is 1. The van der Waals surface area contributed by atoms with Crippen LogP contribution in [0, 0.1) is 11.7 Å². The summed E-state index contributed by atoms with van der Waals surface area (Å²) in [4.78, 5) is 14.7.